The molecule has 1 rings (SSSR count). The van der Waals surface area contributed by atoms with E-state index in [4.69, 9.17) is 9.47 Å². The van der Waals surface area contributed by atoms with Crippen molar-refractivity contribution in [3.8, 4) is 0 Å². The van der Waals surface area contributed by atoms with Crippen LogP contribution in [0.1, 0.15) is 32.6 Å². The molecule has 0 spiro atoms. The van der Waals surface area contributed by atoms with Gasteiger partial charge in [0.25, 0.3) is 0 Å². The molecule has 16 heavy (non-hydrogen) atoms. The summed E-state index contributed by atoms with van der Waals surface area (Å²) in [4.78, 5) is 11.0. The van der Waals surface area contributed by atoms with Gasteiger partial charge in [0.15, 0.2) is 0 Å². The van der Waals surface area contributed by atoms with Crippen LogP contribution < -0.4 is 0 Å². The monoisotopic (exact) mass is 224 g/mol. The van der Waals surface area contributed by atoms with E-state index in [9.17, 15) is 4.79 Å². The Hall–Kier alpha value is -1.09. The molecule has 0 aliphatic carbocycles. The summed E-state index contributed by atoms with van der Waals surface area (Å²) in [6.45, 7) is 5.87. The van der Waals surface area contributed by atoms with Crippen LogP contribution in [0.25, 0.3) is 0 Å². The molecular formula is C13H20O3. The van der Waals surface area contributed by atoms with Gasteiger partial charge in [0.05, 0.1) is 0 Å². The molecule has 0 aromatic rings. The average Bonchev–Trinajstić information content (AvgIpc) is 2.30. The van der Waals surface area contributed by atoms with E-state index in [0.717, 1.165) is 12.8 Å². The number of ether oxygens (including phenoxy) is 2. The summed E-state index contributed by atoms with van der Waals surface area (Å²) in [5.74, 6) is -0.309. The maximum atomic E-state index is 11.0. The third kappa shape index (κ3) is 4.19. The maximum Gasteiger partial charge on any atom is 0.332 e. The van der Waals surface area contributed by atoms with Crippen molar-refractivity contribution in [3.05, 3.63) is 24.8 Å². The Morgan fingerprint density at radius 1 is 1.50 bits per heavy atom. The molecule has 1 aliphatic heterocycles. The van der Waals surface area contributed by atoms with Gasteiger partial charge in [-0.1, -0.05) is 38.5 Å². The highest BCUT2D eigenvalue weighted by molar-refractivity contribution is 5.71. The van der Waals surface area contributed by atoms with Gasteiger partial charge in [-0.15, -0.1) is 0 Å². The number of carbonyl (C=O) groups excluding carboxylic acids is 1. The zero-order valence-corrected chi connectivity index (χ0v) is 9.85. The minimum absolute atomic E-state index is 0.0534. The topological polar surface area (TPSA) is 35.5 Å². The van der Waals surface area contributed by atoms with E-state index in [2.05, 4.69) is 25.7 Å². The fourth-order valence-electron chi connectivity index (χ4n) is 1.60. The van der Waals surface area contributed by atoms with Crippen LogP contribution in [-0.2, 0) is 14.3 Å². The van der Waals surface area contributed by atoms with Crippen molar-refractivity contribution >= 4 is 5.97 Å². The minimum Gasteiger partial charge on any atom is -0.454 e. The van der Waals surface area contributed by atoms with Crippen molar-refractivity contribution in [2.45, 2.75) is 44.8 Å². The summed E-state index contributed by atoms with van der Waals surface area (Å²) in [6, 6.07) is 0. The van der Waals surface area contributed by atoms with Crippen LogP contribution in [0.4, 0.5) is 0 Å². The molecular weight excluding hydrogens is 204 g/mol. The summed E-state index contributed by atoms with van der Waals surface area (Å²) in [5, 5.41) is 0. The van der Waals surface area contributed by atoms with Crippen molar-refractivity contribution in [1.29, 1.82) is 0 Å². The standard InChI is InChI=1S/C13H20O3/c1-3-5-6-7-8-9-12-11(4-2)16-13(14)10-15-12/h4,7-8,11-12H,2-3,5-6,9-10H2,1H3/b8-7+/t11-,12-/m1/s1. The number of allylic oxidation sites excluding steroid dienone is 1. The molecule has 0 saturated carbocycles. The molecule has 3 heteroatoms. The third-order valence-electron chi connectivity index (χ3n) is 2.54. The molecule has 90 valence electrons. The average molecular weight is 224 g/mol. The molecule has 1 aliphatic rings. The number of esters is 1. The number of hydrogen-bond donors (Lipinski definition) is 0. The zero-order chi connectivity index (χ0) is 11.8. The lowest BCUT2D eigenvalue weighted by atomic mass is 10.1. The predicted molar refractivity (Wildman–Crippen MR) is 63.1 cm³/mol. The predicted octanol–water partition coefficient (Wildman–Crippen LogP) is 2.62. The van der Waals surface area contributed by atoms with Gasteiger partial charge < -0.3 is 9.47 Å². The van der Waals surface area contributed by atoms with Crippen molar-refractivity contribution in [2.75, 3.05) is 6.61 Å². The van der Waals surface area contributed by atoms with Gasteiger partial charge in [-0.25, -0.2) is 4.79 Å². The Morgan fingerprint density at radius 3 is 3.00 bits per heavy atom. The van der Waals surface area contributed by atoms with Crippen LogP contribution in [-0.4, -0.2) is 24.8 Å². The Balaban J connectivity index is 2.31. The van der Waals surface area contributed by atoms with E-state index in [1.54, 1.807) is 6.08 Å². The van der Waals surface area contributed by atoms with Crippen molar-refractivity contribution < 1.29 is 14.3 Å². The summed E-state index contributed by atoms with van der Waals surface area (Å²) < 4.78 is 10.5. The first-order chi connectivity index (χ1) is 7.77. The van der Waals surface area contributed by atoms with E-state index in [1.807, 2.05) is 0 Å². The van der Waals surface area contributed by atoms with E-state index in [1.165, 1.54) is 12.8 Å². The molecule has 1 saturated heterocycles. The summed E-state index contributed by atoms with van der Waals surface area (Å²) >= 11 is 0. The van der Waals surface area contributed by atoms with Gasteiger partial charge in [0, 0.05) is 0 Å². The van der Waals surface area contributed by atoms with Gasteiger partial charge in [0.1, 0.15) is 18.8 Å². The lowest BCUT2D eigenvalue weighted by Gasteiger charge is -2.28. The van der Waals surface area contributed by atoms with E-state index in [-0.39, 0.29) is 24.8 Å². The first kappa shape index (κ1) is 13.0. The van der Waals surface area contributed by atoms with Crippen LogP contribution in [0.5, 0.6) is 0 Å². The van der Waals surface area contributed by atoms with Crippen molar-refractivity contribution in [3.63, 3.8) is 0 Å². The second-order valence-corrected chi connectivity index (χ2v) is 3.89. The lowest BCUT2D eigenvalue weighted by Crippen LogP contribution is -2.39. The van der Waals surface area contributed by atoms with Gasteiger partial charge >= 0.3 is 5.97 Å². The molecule has 0 aromatic heterocycles. The van der Waals surface area contributed by atoms with Gasteiger partial charge in [0.2, 0.25) is 0 Å². The highest BCUT2D eigenvalue weighted by Crippen LogP contribution is 2.16. The molecule has 0 radical (unpaired) electrons. The second kappa shape index (κ2) is 7.23. The number of carbonyl (C=O) groups is 1. The quantitative estimate of drug-likeness (QED) is 0.395. The van der Waals surface area contributed by atoms with Crippen molar-refractivity contribution in [2.24, 2.45) is 0 Å². The molecule has 1 fully saturated rings. The Kier molecular flexibility index (Phi) is 5.86. The third-order valence-corrected chi connectivity index (χ3v) is 2.54. The van der Waals surface area contributed by atoms with E-state index < -0.39 is 0 Å². The fourth-order valence-corrected chi connectivity index (χ4v) is 1.60. The second-order valence-electron chi connectivity index (χ2n) is 3.89. The number of unbranched alkanes of at least 4 members (excludes halogenated alkanes) is 2. The Bertz CT molecular complexity index is 258. The SMILES string of the molecule is C=C[C@H]1OC(=O)CO[C@@H]1C/C=C/CCCC. The molecule has 1 heterocycles. The van der Waals surface area contributed by atoms with Crippen LogP contribution in [0.3, 0.4) is 0 Å². The molecule has 0 bridgehead atoms. The van der Waals surface area contributed by atoms with Gasteiger partial charge in [-0.2, -0.15) is 0 Å². The smallest absolute Gasteiger partial charge is 0.332 e. The van der Waals surface area contributed by atoms with Crippen LogP contribution in [0.15, 0.2) is 24.8 Å². The first-order valence-corrected chi connectivity index (χ1v) is 5.86. The molecule has 0 aromatic carbocycles. The summed E-state index contributed by atoms with van der Waals surface area (Å²) in [5.41, 5.74) is 0. The number of cyclic esters (lactones) is 1. The normalized spacial score (nSPS) is 25.7. The van der Waals surface area contributed by atoms with Gasteiger partial charge in [-0.3, -0.25) is 0 Å². The largest absolute Gasteiger partial charge is 0.454 e. The van der Waals surface area contributed by atoms with Crippen LogP contribution >= 0.6 is 0 Å². The maximum absolute atomic E-state index is 11.0. The summed E-state index contributed by atoms with van der Waals surface area (Å²) in [6.07, 6.45) is 9.78. The molecule has 0 unspecified atom stereocenters. The number of rotatable bonds is 6. The molecule has 0 N–H and O–H groups in total. The molecule has 0 amide bonds. The van der Waals surface area contributed by atoms with Crippen molar-refractivity contribution in [1.82, 2.24) is 0 Å². The molecule has 3 nitrogen and oxygen atoms in total. The fraction of sp³-hybridized carbons (Fsp3) is 0.615. The highest BCUT2D eigenvalue weighted by atomic mass is 16.6. The highest BCUT2D eigenvalue weighted by Gasteiger charge is 2.28. The Morgan fingerprint density at radius 2 is 2.31 bits per heavy atom. The van der Waals surface area contributed by atoms with Crippen LogP contribution in [0.2, 0.25) is 0 Å². The van der Waals surface area contributed by atoms with E-state index >= 15 is 0 Å². The zero-order valence-electron chi connectivity index (χ0n) is 9.85. The van der Waals surface area contributed by atoms with Crippen LogP contribution in [0, 0.1) is 0 Å². The van der Waals surface area contributed by atoms with E-state index in [0.29, 0.717) is 0 Å². The minimum atomic E-state index is -0.309. The van der Waals surface area contributed by atoms with Gasteiger partial charge in [-0.05, 0) is 18.9 Å². The Labute approximate surface area is 97.1 Å². The number of hydrogen-bond acceptors (Lipinski definition) is 3. The molecule has 2 atom stereocenters. The summed E-state index contributed by atoms with van der Waals surface area (Å²) in [7, 11) is 0. The first-order valence-electron chi connectivity index (χ1n) is 5.86. The lowest BCUT2D eigenvalue weighted by molar-refractivity contribution is -0.176.